The summed E-state index contributed by atoms with van der Waals surface area (Å²) in [7, 11) is 0. The number of hydrogen-bond donors (Lipinski definition) is 14. The summed E-state index contributed by atoms with van der Waals surface area (Å²) < 4.78 is 0. The first-order valence-corrected chi connectivity index (χ1v) is 22.3. The topological polar surface area (TPSA) is 403 Å². The van der Waals surface area contributed by atoms with Crippen LogP contribution in [0.3, 0.4) is 0 Å². The number of carbonyl (C=O) groups is 8. The zero-order chi connectivity index (χ0) is 50.8. The number of aliphatic carboxylic acids is 1. The average molecular weight is 958 g/mol. The fourth-order valence-corrected chi connectivity index (χ4v) is 7.49. The van der Waals surface area contributed by atoms with Gasteiger partial charge in [-0.2, -0.15) is 0 Å². The molecule has 19 N–H and O–H groups in total. The molecule has 4 aromatic rings. The number of phenols is 1. The SMILES string of the molecule is C[C@@H](O)[C@H](NC(=O)CC(N)(N)C(=O)[C@H](CCCCN)NC(=O)[C@@H](Cc1c[nH]c2ccccc12)NC(=O)[C@H](Cc1ccc(O)cc1)NC(=O)[C@H](CCC(=O)O)NC(=O)[C@H](N)Cc1ccccc1)C(N)=O. The lowest BCUT2D eigenvalue weighted by Crippen LogP contribution is -2.66. The van der Waals surface area contributed by atoms with E-state index in [2.05, 4.69) is 31.6 Å². The summed E-state index contributed by atoms with van der Waals surface area (Å²) in [4.78, 5) is 110. The molecule has 0 spiro atoms. The number of para-hydroxylation sites is 1. The van der Waals surface area contributed by atoms with Gasteiger partial charge in [-0.3, -0.25) is 38.4 Å². The third kappa shape index (κ3) is 16.8. The number of amides is 6. The van der Waals surface area contributed by atoms with Crippen LogP contribution in [0.25, 0.3) is 10.9 Å². The van der Waals surface area contributed by atoms with Gasteiger partial charge in [-0.15, -0.1) is 0 Å². The Labute approximate surface area is 397 Å². The van der Waals surface area contributed by atoms with Crippen molar-refractivity contribution < 1.29 is 53.7 Å². The Hall–Kier alpha value is -7.24. The van der Waals surface area contributed by atoms with Crippen molar-refractivity contribution >= 4 is 58.1 Å². The lowest BCUT2D eigenvalue weighted by Gasteiger charge is -2.30. The van der Waals surface area contributed by atoms with Crippen LogP contribution in [0.5, 0.6) is 5.75 Å². The third-order valence-electron chi connectivity index (χ3n) is 11.3. The fraction of sp³-hybridized carbons (Fsp3) is 0.404. The van der Waals surface area contributed by atoms with Crippen LogP contribution in [0.15, 0.2) is 85.1 Å². The number of benzene rings is 3. The number of carbonyl (C=O) groups excluding carboxylic acids is 7. The number of aromatic amines is 1. The van der Waals surface area contributed by atoms with Gasteiger partial charge >= 0.3 is 5.97 Å². The first-order valence-electron chi connectivity index (χ1n) is 22.3. The Morgan fingerprint density at radius 1 is 0.681 bits per heavy atom. The van der Waals surface area contributed by atoms with Crippen LogP contribution in [0.1, 0.15) is 62.1 Å². The molecule has 22 nitrogen and oxygen atoms in total. The predicted octanol–water partition coefficient (Wildman–Crippen LogP) is -1.91. The van der Waals surface area contributed by atoms with E-state index in [4.69, 9.17) is 28.7 Å². The minimum atomic E-state index is -2.45. The predicted molar refractivity (Wildman–Crippen MR) is 253 cm³/mol. The maximum atomic E-state index is 14.6. The molecule has 0 bridgehead atoms. The van der Waals surface area contributed by atoms with Crippen molar-refractivity contribution in [3.63, 3.8) is 0 Å². The molecule has 22 heteroatoms. The zero-order valence-electron chi connectivity index (χ0n) is 38.2. The highest BCUT2D eigenvalue weighted by molar-refractivity contribution is 6.01. The van der Waals surface area contributed by atoms with Crippen LogP contribution in [0.2, 0.25) is 0 Å². The van der Waals surface area contributed by atoms with Crippen molar-refractivity contribution in [2.75, 3.05) is 6.54 Å². The number of ketones is 1. The minimum absolute atomic E-state index is 0.0666. The molecule has 0 aliphatic rings. The molecule has 0 aliphatic carbocycles. The molecular formula is C47H63N11O11. The van der Waals surface area contributed by atoms with Gasteiger partial charge in [0.05, 0.1) is 24.6 Å². The first-order chi connectivity index (χ1) is 32.7. The van der Waals surface area contributed by atoms with Crippen molar-refractivity contribution in [1.82, 2.24) is 31.6 Å². The van der Waals surface area contributed by atoms with Crippen molar-refractivity contribution in [3.05, 3.63) is 102 Å². The van der Waals surface area contributed by atoms with E-state index in [-0.39, 0.29) is 50.8 Å². The van der Waals surface area contributed by atoms with Gasteiger partial charge in [0.2, 0.25) is 35.4 Å². The molecule has 7 atom stereocenters. The van der Waals surface area contributed by atoms with Crippen molar-refractivity contribution in [1.29, 1.82) is 0 Å². The van der Waals surface area contributed by atoms with Gasteiger partial charge in [0.25, 0.3) is 0 Å². The highest BCUT2D eigenvalue weighted by Gasteiger charge is 2.40. The van der Waals surface area contributed by atoms with Crippen LogP contribution in [0.4, 0.5) is 0 Å². The summed E-state index contributed by atoms with van der Waals surface area (Å²) in [6, 6.07) is 13.0. The molecule has 69 heavy (non-hydrogen) atoms. The highest BCUT2D eigenvalue weighted by atomic mass is 16.4. The Morgan fingerprint density at radius 3 is 1.86 bits per heavy atom. The van der Waals surface area contributed by atoms with Crippen LogP contribution in [-0.2, 0) is 57.6 Å². The van der Waals surface area contributed by atoms with Gasteiger partial charge in [-0.1, -0.05) is 60.7 Å². The summed E-state index contributed by atoms with van der Waals surface area (Å²) in [6.07, 6.45) is -1.32. The third-order valence-corrected chi connectivity index (χ3v) is 11.3. The molecule has 0 aliphatic heterocycles. The summed E-state index contributed by atoms with van der Waals surface area (Å²) in [5, 5.41) is 42.8. The number of carboxylic acids is 1. The second-order valence-electron chi connectivity index (χ2n) is 17.0. The Morgan fingerprint density at radius 2 is 1.25 bits per heavy atom. The van der Waals surface area contributed by atoms with Gasteiger partial charge in [-0.25, -0.2) is 0 Å². The van der Waals surface area contributed by atoms with Crippen LogP contribution in [-0.4, -0.2) is 122 Å². The smallest absolute Gasteiger partial charge is 0.303 e. The molecule has 0 saturated heterocycles. The minimum Gasteiger partial charge on any atom is -0.508 e. The second kappa shape index (κ2) is 25.8. The number of unbranched alkanes of at least 4 members (excludes halogenated alkanes) is 1. The Bertz CT molecular complexity index is 2410. The van der Waals surface area contributed by atoms with E-state index >= 15 is 0 Å². The summed E-state index contributed by atoms with van der Waals surface area (Å²) in [5.74, 6) is -7.95. The summed E-state index contributed by atoms with van der Waals surface area (Å²) >= 11 is 0. The van der Waals surface area contributed by atoms with Crippen LogP contribution in [0, 0.1) is 0 Å². The molecule has 0 saturated carbocycles. The van der Waals surface area contributed by atoms with E-state index in [1.807, 2.05) is 0 Å². The second-order valence-corrected chi connectivity index (χ2v) is 17.0. The summed E-state index contributed by atoms with van der Waals surface area (Å²) in [6.45, 7) is 1.43. The monoisotopic (exact) mass is 957 g/mol. The lowest BCUT2D eigenvalue weighted by molar-refractivity contribution is -0.138. The Kier molecular flexibility index (Phi) is 20.3. The van der Waals surface area contributed by atoms with Gasteiger partial charge in [-0.05, 0) is 80.5 Å². The molecular weight excluding hydrogens is 895 g/mol. The molecule has 1 heterocycles. The fourth-order valence-electron chi connectivity index (χ4n) is 7.49. The van der Waals surface area contributed by atoms with E-state index in [1.165, 1.54) is 31.2 Å². The molecule has 0 unspecified atom stereocenters. The average Bonchev–Trinajstić information content (AvgIpc) is 3.71. The van der Waals surface area contributed by atoms with Crippen molar-refractivity contribution in [2.24, 2.45) is 28.7 Å². The highest BCUT2D eigenvalue weighted by Crippen LogP contribution is 2.21. The van der Waals surface area contributed by atoms with Crippen molar-refractivity contribution in [3.8, 4) is 5.75 Å². The number of H-pyrrole nitrogens is 1. The molecule has 3 aromatic carbocycles. The van der Waals surface area contributed by atoms with Crippen LogP contribution < -0.4 is 55.3 Å². The number of aliphatic hydroxyl groups excluding tert-OH is 1. The quantitative estimate of drug-likeness (QED) is 0.0218. The van der Waals surface area contributed by atoms with Gasteiger partial charge in [0.1, 0.15) is 35.6 Å². The van der Waals surface area contributed by atoms with Gasteiger partial charge < -0.3 is 75.6 Å². The van der Waals surface area contributed by atoms with Gasteiger partial charge in [0.15, 0.2) is 5.78 Å². The number of hydrogen-bond acceptors (Lipinski definition) is 14. The zero-order valence-corrected chi connectivity index (χ0v) is 38.2. The number of rotatable bonds is 28. The molecule has 4 rings (SSSR count). The van der Waals surface area contributed by atoms with E-state index in [1.54, 1.807) is 60.8 Å². The number of fused-ring (bicyclic) bond motifs is 1. The van der Waals surface area contributed by atoms with E-state index in [9.17, 15) is 53.7 Å². The number of aromatic nitrogens is 1. The number of carboxylic acid groups (broad SMARTS) is 1. The standard InChI is InChI=1S/C47H63N11O11/c1-26(59)40(42(50)65)58-38(61)24-47(51,52)41(64)34(13-7-8-20-48)54-46(69)37(23-29-25-53-33-12-6-5-11-31(29)33)57-45(68)36(22-28-14-16-30(60)17-15-28)56-44(67)35(18-19-39(62)63)55-43(66)32(49)21-27-9-3-2-4-10-27/h2-6,9-12,14-17,25-26,32,34-37,40,53,59-60H,7-8,13,18-24,48-49,51-52H2,1H3,(H2,50,65)(H,54,69)(H,55,66)(H,56,67)(H,57,68)(H,58,61)(H,62,63)/t26-,32-,34+,35+,36+,37-,40+/m1/s1. The molecule has 0 fully saturated rings. The van der Waals surface area contributed by atoms with Gasteiger partial charge in [0, 0.05) is 36.4 Å². The number of aliphatic hydroxyl groups is 1. The van der Waals surface area contributed by atoms with E-state index in [0.29, 0.717) is 28.5 Å². The normalized spacial score (nSPS) is 14.5. The molecule has 6 amide bonds. The largest absolute Gasteiger partial charge is 0.508 e. The maximum absolute atomic E-state index is 14.6. The molecule has 372 valence electrons. The maximum Gasteiger partial charge on any atom is 0.303 e. The number of nitrogens with one attached hydrogen (secondary N) is 6. The van der Waals surface area contributed by atoms with E-state index < -0.39 is 108 Å². The number of aromatic hydroxyl groups is 1. The molecule has 1 aromatic heterocycles. The molecule has 0 radical (unpaired) electrons. The first kappa shape index (κ1) is 54.4. The number of nitrogens with two attached hydrogens (primary N) is 5. The summed E-state index contributed by atoms with van der Waals surface area (Å²) in [5.41, 5.74) is 29.7. The Balaban J connectivity index is 1.67. The van der Waals surface area contributed by atoms with E-state index in [0.717, 1.165) is 5.56 Å². The number of primary amides is 1. The number of Topliss-reactive ketones (excluding diaryl/α,β-unsaturated/α-hetero) is 1. The number of phenolic OH excluding ortho intramolecular Hbond substituents is 1. The lowest BCUT2D eigenvalue weighted by atomic mass is 9.92. The van der Waals surface area contributed by atoms with Crippen LogP contribution >= 0.6 is 0 Å². The van der Waals surface area contributed by atoms with Crippen molar-refractivity contribution in [2.45, 2.75) is 113 Å².